The summed E-state index contributed by atoms with van der Waals surface area (Å²) in [5.41, 5.74) is 0.730. The van der Waals surface area contributed by atoms with Gasteiger partial charge in [0, 0.05) is 13.2 Å². The highest BCUT2D eigenvalue weighted by Gasteiger charge is 2.14. The van der Waals surface area contributed by atoms with Crippen molar-refractivity contribution in [1.29, 1.82) is 0 Å². The minimum Gasteiger partial charge on any atom is -0.495 e. The van der Waals surface area contributed by atoms with Gasteiger partial charge in [-0.25, -0.2) is 9.37 Å². The highest BCUT2D eigenvalue weighted by molar-refractivity contribution is 6.30. The summed E-state index contributed by atoms with van der Waals surface area (Å²) in [6, 6.07) is 8.56. The molecule has 0 fully saturated rings. The van der Waals surface area contributed by atoms with Gasteiger partial charge < -0.3 is 9.64 Å². The molecular formula is C13H12ClFN2O. The third-order valence-electron chi connectivity index (χ3n) is 2.55. The van der Waals surface area contributed by atoms with Gasteiger partial charge in [0.25, 0.3) is 0 Å². The molecule has 0 aliphatic heterocycles. The summed E-state index contributed by atoms with van der Waals surface area (Å²) in [6.45, 7) is 0. The number of para-hydroxylation sites is 2. The van der Waals surface area contributed by atoms with Crippen LogP contribution in [0.1, 0.15) is 0 Å². The fourth-order valence-electron chi connectivity index (χ4n) is 1.68. The van der Waals surface area contributed by atoms with Crippen LogP contribution in [-0.4, -0.2) is 19.1 Å². The normalized spacial score (nSPS) is 10.2. The molecule has 1 aromatic heterocycles. The topological polar surface area (TPSA) is 25.4 Å². The van der Waals surface area contributed by atoms with E-state index in [1.807, 2.05) is 18.2 Å². The zero-order valence-electron chi connectivity index (χ0n) is 10.0. The number of pyridine rings is 1. The maximum absolute atomic E-state index is 13.8. The fourth-order valence-corrected chi connectivity index (χ4v) is 1.82. The summed E-state index contributed by atoms with van der Waals surface area (Å²) in [5, 5.41) is 0.268. The second-order valence-electron chi connectivity index (χ2n) is 3.69. The second-order valence-corrected chi connectivity index (χ2v) is 4.13. The van der Waals surface area contributed by atoms with Crippen molar-refractivity contribution in [3.63, 3.8) is 0 Å². The van der Waals surface area contributed by atoms with Crippen LogP contribution in [0.2, 0.25) is 5.02 Å². The van der Waals surface area contributed by atoms with Gasteiger partial charge in [0.2, 0.25) is 0 Å². The molecule has 0 unspecified atom stereocenters. The predicted molar refractivity (Wildman–Crippen MR) is 70.3 cm³/mol. The van der Waals surface area contributed by atoms with Gasteiger partial charge in [0.05, 0.1) is 17.8 Å². The van der Waals surface area contributed by atoms with E-state index in [1.54, 1.807) is 25.1 Å². The lowest BCUT2D eigenvalue weighted by Gasteiger charge is -2.21. The summed E-state index contributed by atoms with van der Waals surface area (Å²) < 4.78 is 19.0. The Morgan fingerprint density at radius 1 is 1.33 bits per heavy atom. The summed E-state index contributed by atoms with van der Waals surface area (Å²) in [6.07, 6.45) is 1.41. The highest BCUT2D eigenvalue weighted by atomic mass is 35.5. The zero-order valence-corrected chi connectivity index (χ0v) is 10.8. The lowest BCUT2D eigenvalue weighted by atomic mass is 10.2. The van der Waals surface area contributed by atoms with Crippen molar-refractivity contribution in [2.24, 2.45) is 0 Å². The third kappa shape index (κ3) is 2.38. The average Bonchev–Trinajstić information content (AvgIpc) is 2.38. The number of anilines is 2. The van der Waals surface area contributed by atoms with Crippen LogP contribution < -0.4 is 9.64 Å². The van der Waals surface area contributed by atoms with E-state index in [0.717, 1.165) is 5.69 Å². The Morgan fingerprint density at radius 3 is 2.72 bits per heavy atom. The van der Waals surface area contributed by atoms with E-state index in [-0.39, 0.29) is 10.8 Å². The molecule has 0 spiro atoms. The molecule has 0 radical (unpaired) electrons. The lowest BCUT2D eigenvalue weighted by molar-refractivity contribution is 0.415. The summed E-state index contributed by atoms with van der Waals surface area (Å²) in [5.74, 6) is 0.371. The molecule has 0 atom stereocenters. The smallest absolute Gasteiger partial charge is 0.169 e. The highest BCUT2D eigenvalue weighted by Crippen LogP contribution is 2.32. The van der Waals surface area contributed by atoms with E-state index in [1.165, 1.54) is 12.3 Å². The van der Waals surface area contributed by atoms with E-state index in [0.29, 0.717) is 5.75 Å². The maximum Gasteiger partial charge on any atom is 0.169 e. The molecule has 0 aliphatic carbocycles. The molecule has 1 aromatic carbocycles. The molecule has 2 aromatic rings. The first-order valence-corrected chi connectivity index (χ1v) is 5.69. The molecule has 94 valence electrons. The molecule has 2 rings (SSSR count). The van der Waals surface area contributed by atoms with Gasteiger partial charge in [-0.1, -0.05) is 23.7 Å². The van der Waals surface area contributed by atoms with E-state index >= 15 is 0 Å². The zero-order chi connectivity index (χ0) is 13.1. The number of halogens is 2. The minimum absolute atomic E-state index is 0.198. The molecule has 0 N–H and O–H groups in total. The standard InChI is InChI=1S/C13H12ClFN2O/c1-17(11-5-3-4-6-12(11)18-2)13-10(15)7-9(14)8-16-13/h3-8H,1-2H3. The fraction of sp³-hybridized carbons (Fsp3) is 0.154. The summed E-state index contributed by atoms with van der Waals surface area (Å²) in [4.78, 5) is 5.61. The second kappa shape index (κ2) is 5.23. The minimum atomic E-state index is -0.476. The van der Waals surface area contributed by atoms with Crippen LogP contribution >= 0.6 is 11.6 Å². The SMILES string of the molecule is COc1ccccc1N(C)c1ncc(Cl)cc1F. The Hall–Kier alpha value is -1.81. The van der Waals surface area contributed by atoms with Gasteiger partial charge in [-0.15, -0.1) is 0 Å². The van der Waals surface area contributed by atoms with Crippen molar-refractivity contribution < 1.29 is 9.13 Å². The quantitative estimate of drug-likeness (QED) is 0.848. The number of ether oxygens (including phenoxy) is 1. The number of rotatable bonds is 3. The first-order chi connectivity index (χ1) is 8.63. The van der Waals surface area contributed by atoms with Crippen molar-refractivity contribution in [2.45, 2.75) is 0 Å². The van der Waals surface area contributed by atoms with Crippen molar-refractivity contribution in [1.82, 2.24) is 4.98 Å². The predicted octanol–water partition coefficient (Wildman–Crippen LogP) is 3.65. The lowest BCUT2D eigenvalue weighted by Crippen LogP contribution is -2.14. The van der Waals surface area contributed by atoms with Gasteiger partial charge in [0.15, 0.2) is 11.6 Å². The van der Waals surface area contributed by atoms with Gasteiger partial charge in [-0.2, -0.15) is 0 Å². The molecular weight excluding hydrogens is 255 g/mol. The van der Waals surface area contributed by atoms with Crippen LogP contribution in [0.3, 0.4) is 0 Å². The molecule has 0 bridgehead atoms. The summed E-state index contributed by atoms with van der Waals surface area (Å²) in [7, 11) is 3.29. The van der Waals surface area contributed by atoms with Gasteiger partial charge >= 0.3 is 0 Å². The largest absolute Gasteiger partial charge is 0.495 e. The van der Waals surface area contributed by atoms with Gasteiger partial charge in [0.1, 0.15) is 5.75 Å². The van der Waals surface area contributed by atoms with Gasteiger partial charge in [-0.05, 0) is 18.2 Å². The molecule has 0 saturated carbocycles. The maximum atomic E-state index is 13.8. The number of hydrogen-bond acceptors (Lipinski definition) is 3. The average molecular weight is 267 g/mol. The van der Waals surface area contributed by atoms with Crippen LogP contribution in [0.5, 0.6) is 5.75 Å². The molecule has 18 heavy (non-hydrogen) atoms. The van der Waals surface area contributed by atoms with E-state index in [9.17, 15) is 4.39 Å². The first kappa shape index (κ1) is 12.6. The summed E-state index contributed by atoms with van der Waals surface area (Å²) >= 11 is 5.68. The van der Waals surface area contributed by atoms with Crippen LogP contribution in [0.25, 0.3) is 0 Å². The van der Waals surface area contributed by atoms with Crippen LogP contribution in [0.4, 0.5) is 15.9 Å². The molecule has 0 saturated heterocycles. The molecule has 5 heteroatoms. The number of methoxy groups -OCH3 is 1. The van der Waals surface area contributed by atoms with E-state index in [2.05, 4.69) is 4.98 Å². The van der Waals surface area contributed by atoms with Crippen molar-refractivity contribution in [3.05, 3.63) is 47.4 Å². The van der Waals surface area contributed by atoms with Crippen LogP contribution in [0.15, 0.2) is 36.5 Å². The monoisotopic (exact) mass is 266 g/mol. The Balaban J connectivity index is 2.44. The van der Waals surface area contributed by atoms with E-state index in [4.69, 9.17) is 16.3 Å². The Bertz CT molecular complexity index is 562. The molecule has 0 amide bonds. The Morgan fingerprint density at radius 2 is 2.06 bits per heavy atom. The number of aromatic nitrogens is 1. The third-order valence-corrected chi connectivity index (χ3v) is 2.76. The van der Waals surface area contributed by atoms with Crippen molar-refractivity contribution in [2.75, 3.05) is 19.1 Å². The van der Waals surface area contributed by atoms with Crippen LogP contribution in [0, 0.1) is 5.82 Å². The number of benzene rings is 1. The Labute approximate surface area is 110 Å². The molecule has 3 nitrogen and oxygen atoms in total. The number of hydrogen-bond donors (Lipinski definition) is 0. The van der Waals surface area contributed by atoms with Crippen molar-refractivity contribution in [3.8, 4) is 5.75 Å². The first-order valence-electron chi connectivity index (χ1n) is 5.31. The Kier molecular flexibility index (Phi) is 3.67. The van der Waals surface area contributed by atoms with Gasteiger partial charge in [-0.3, -0.25) is 0 Å². The number of nitrogens with zero attached hydrogens (tertiary/aromatic N) is 2. The van der Waals surface area contributed by atoms with Crippen molar-refractivity contribution >= 4 is 23.1 Å². The molecule has 0 aliphatic rings. The van der Waals surface area contributed by atoms with E-state index < -0.39 is 5.82 Å². The van der Waals surface area contributed by atoms with Crippen LogP contribution in [-0.2, 0) is 0 Å². The molecule has 1 heterocycles.